The van der Waals surface area contributed by atoms with Crippen LogP contribution in [0.15, 0.2) is 108 Å². The fourth-order valence-corrected chi connectivity index (χ4v) is 5.86. The molecule has 0 unspecified atom stereocenters. The molecule has 0 N–H and O–H groups in total. The Kier molecular flexibility index (Phi) is 9.69. The number of hydrogen-bond donors (Lipinski definition) is 0. The molecule has 45 heavy (non-hydrogen) atoms. The number of benzene rings is 4. The molecule has 0 bridgehead atoms. The summed E-state index contributed by atoms with van der Waals surface area (Å²) in [6, 6.07) is 30.3. The molecule has 0 amide bonds. The molecule has 226 valence electrons. The molecule has 6 nitrogen and oxygen atoms in total. The van der Waals surface area contributed by atoms with Gasteiger partial charge >= 0.3 is 11.9 Å². The number of carbonyl (C=O) groups excluding carboxylic acids is 4. The van der Waals surface area contributed by atoms with Gasteiger partial charge in [0.2, 0.25) is 11.6 Å². The van der Waals surface area contributed by atoms with Crippen LogP contribution in [0.25, 0.3) is 11.1 Å². The van der Waals surface area contributed by atoms with E-state index in [-0.39, 0.29) is 35.9 Å². The summed E-state index contributed by atoms with van der Waals surface area (Å²) < 4.78 is 10.2. The Balaban J connectivity index is 0.000000178. The average Bonchev–Trinajstić information content (AvgIpc) is 3.52. The molecular formula is C38H31BrO6. The minimum atomic E-state index is -0.562. The lowest BCUT2D eigenvalue weighted by Gasteiger charge is -2.08. The van der Waals surface area contributed by atoms with Gasteiger partial charge in [0.25, 0.3) is 0 Å². The monoisotopic (exact) mass is 662 g/mol. The summed E-state index contributed by atoms with van der Waals surface area (Å²) in [5, 5.41) is 0.656. The minimum Gasteiger partial charge on any atom is -0.462 e. The van der Waals surface area contributed by atoms with Gasteiger partial charge in [-0.1, -0.05) is 106 Å². The van der Waals surface area contributed by atoms with Gasteiger partial charge in [0.15, 0.2) is 0 Å². The average molecular weight is 664 g/mol. The summed E-state index contributed by atoms with van der Waals surface area (Å²) in [5.74, 6) is -1.63. The first-order valence-electron chi connectivity index (χ1n) is 14.6. The number of Topliss-reactive ketones (excluding diaryl/α,β-unsaturated/α-hetero) is 2. The van der Waals surface area contributed by atoms with Gasteiger partial charge in [-0.05, 0) is 60.7 Å². The van der Waals surface area contributed by atoms with E-state index in [1.807, 2.05) is 104 Å². The van der Waals surface area contributed by atoms with Crippen LogP contribution in [0.3, 0.4) is 0 Å². The van der Waals surface area contributed by atoms with Gasteiger partial charge in [-0.15, -0.1) is 0 Å². The van der Waals surface area contributed by atoms with E-state index in [0.717, 1.165) is 33.4 Å². The third-order valence-electron chi connectivity index (χ3n) is 7.48. The highest BCUT2D eigenvalue weighted by Gasteiger charge is 2.36. The van der Waals surface area contributed by atoms with Crippen LogP contribution in [0.5, 0.6) is 0 Å². The molecule has 0 aromatic heterocycles. The lowest BCUT2D eigenvalue weighted by Crippen LogP contribution is -2.14. The van der Waals surface area contributed by atoms with Crippen LogP contribution < -0.4 is 0 Å². The zero-order valence-corrected chi connectivity index (χ0v) is 26.8. The molecule has 0 fully saturated rings. The summed E-state index contributed by atoms with van der Waals surface area (Å²) >= 11 is 3.40. The molecule has 0 radical (unpaired) electrons. The lowest BCUT2D eigenvalue weighted by molar-refractivity contribution is -0.138. The second kappa shape index (κ2) is 13.8. The van der Waals surface area contributed by atoms with E-state index in [9.17, 15) is 19.2 Å². The van der Waals surface area contributed by atoms with Crippen molar-refractivity contribution in [3.05, 3.63) is 153 Å². The number of alkyl halides is 1. The quantitative estimate of drug-likeness (QED) is 0.115. The number of halogens is 1. The van der Waals surface area contributed by atoms with Crippen molar-refractivity contribution in [3.63, 3.8) is 0 Å². The molecule has 2 aliphatic rings. The number of esters is 2. The zero-order valence-electron chi connectivity index (χ0n) is 25.2. The fourth-order valence-electron chi connectivity index (χ4n) is 5.52. The molecule has 0 saturated heterocycles. The normalized spacial score (nSPS) is 13.2. The van der Waals surface area contributed by atoms with Crippen LogP contribution in [0.2, 0.25) is 0 Å². The maximum atomic E-state index is 12.8. The standard InChI is InChI=1S/C19H15BrO3.C19H16O3/c1-2-23-19(22)17-16(13-6-4-3-5-7-13)14-9-8-12(11-20)10-15(14)18(17)21;1-3-22-19(21)17-16(13-7-5-4-6-8-13)14-10-9-12(2)11-15(14)18(17)20/h3-10H,2,11H2,1H3;4-11H,3H2,1-2H3. The first-order chi connectivity index (χ1) is 21.8. The highest BCUT2D eigenvalue weighted by atomic mass is 79.9. The number of hydrogen-bond acceptors (Lipinski definition) is 6. The summed E-state index contributed by atoms with van der Waals surface area (Å²) in [5.41, 5.74) is 7.97. The van der Waals surface area contributed by atoms with Crippen LogP contribution >= 0.6 is 15.9 Å². The Morgan fingerprint density at radius 2 is 1.04 bits per heavy atom. The summed E-state index contributed by atoms with van der Waals surface area (Å²) in [6.07, 6.45) is 0. The Hall–Kier alpha value is -4.88. The molecule has 0 saturated carbocycles. The number of ketones is 2. The van der Waals surface area contributed by atoms with Crippen LogP contribution in [-0.2, 0) is 24.4 Å². The number of carbonyl (C=O) groups is 4. The van der Waals surface area contributed by atoms with E-state index >= 15 is 0 Å². The van der Waals surface area contributed by atoms with Crippen LogP contribution in [0.1, 0.15) is 67.9 Å². The molecule has 0 spiro atoms. The van der Waals surface area contributed by atoms with Crippen molar-refractivity contribution in [1.29, 1.82) is 0 Å². The molecule has 0 heterocycles. The zero-order chi connectivity index (χ0) is 32.1. The van der Waals surface area contributed by atoms with E-state index < -0.39 is 11.9 Å². The Morgan fingerprint density at radius 1 is 0.600 bits per heavy atom. The molecule has 7 heteroatoms. The minimum absolute atomic E-state index is 0.125. The first-order valence-corrected chi connectivity index (χ1v) is 15.8. The predicted molar refractivity (Wildman–Crippen MR) is 177 cm³/mol. The van der Waals surface area contributed by atoms with E-state index in [2.05, 4.69) is 15.9 Å². The van der Waals surface area contributed by atoms with Gasteiger partial charge in [0.1, 0.15) is 11.1 Å². The number of fused-ring (bicyclic) bond motifs is 2. The Bertz CT molecular complexity index is 1870. The van der Waals surface area contributed by atoms with Crippen molar-refractivity contribution in [2.45, 2.75) is 26.1 Å². The van der Waals surface area contributed by atoms with Gasteiger partial charge in [-0.25, -0.2) is 9.59 Å². The Labute approximate surface area is 270 Å². The molecule has 6 rings (SSSR count). The van der Waals surface area contributed by atoms with Gasteiger partial charge in [-0.3, -0.25) is 9.59 Å². The summed E-state index contributed by atoms with van der Waals surface area (Å²) in [7, 11) is 0. The highest BCUT2D eigenvalue weighted by molar-refractivity contribution is 9.08. The van der Waals surface area contributed by atoms with E-state index in [0.29, 0.717) is 27.6 Å². The lowest BCUT2D eigenvalue weighted by atomic mass is 9.97. The van der Waals surface area contributed by atoms with Gasteiger partial charge < -0.3 is 9.47 Å². The van der Waals surface area contributed by atoms with Gasteiger partial charge in [0.05, 0.1) is 13.2 Å². The van der Waals surface area contributed by atoms with Crippen molar-refractivity contribution in [3.8, 4) is 0 Å². The van der Waals surface area contributed by atoms with Crippen molar-refractivity contribution in [1.82, 2.24) is 0 Å². The van der Waals surface area contributed by atoms with Crippen molar-refractivity contribution in [2.24, 2.45) is 0 Å². The topological polar surface area (TPSA) is 86.7 Å². The SMILES string of the molecule is CCOC(=O)C1=C(c2ccccc2)c2ccc(C)cc2C1=O.CCOC(=O)C1=C(c2ccccc2)c2ccc(CBr)cc2C1=O. The maximum absolute atomic E-state index is 12.8. The van der Waals surface area contributed by atoms with Crippen LogP contribution in [0, 0.1) is 6.92 Å². The molecule has 4 aromatic rings. The van der Waals surface area contributed by atoms with Gasteiger partial charge in [-0.2, -0.15) is 0 Å². The van der Waals surface area contributed by atoms with Crippen molar-refractivity contribution >= 4 is 50.6 Å². The first kappa shape index (κ1) is 31.5. The van der Waals surface area contributed by atoms with E-state index in [4.69, 9.17) is 9.47 Å². The molecule has 4 aromatic carbocycles. The van der Waals surface area contributed by atoms with Crippen LogP contribution in [-0.4, -0.2) is 36.7 Å². The third kappa shape index (κ3) is 6.22. The largest absolute Gasteiger partial charge is 0.462 e. The van der Waals surface area contributed by atoms with Gasteiger partial charge in [0, 0.05) is 27.6 Å². The maximum Gasteiger partial charge on any atom is 0.342 e. The molecule has 0 atom stereocenters. The number of aryl methyl sites for hydroxylation is 1. The number of rotatable bonds is 7. The molecular weight excluding hydrogens is 632 g/mol. The van der Waals surface area contributed by atoms with E-state index in [1.165, 1.54) is 0 Å². The fraction of sp³-hybridized carbons (Fsp3) is 0.158. The highest BCUT2D eigenvalue weighted by Crippen LogP contribution is 2.40. The smallest absolute Gasteiger partial charge is 0.342 e. The van der Waals surface area contributed by atoms with Crippen molar-refractivity contribution < 1.29 is 28.7 Å². The number of ether oxygens (including phenoxy) is 2. The second-order valence-corrected chi connectivity index (χ2v) is 11.0. The Morgan fingerprint density at radius 3 is 1.49 bits per heavy atom. The van der Waals surface area contributed by atoms with Crippen LogP contribution in [0.4, 0.5) is 0 Å². The predicted octanol–water partition coefficient (Wildman–Crippen LogP) is 7.70. The molecule has 0 aliphatic heterocycles. The third-order valence-corrected chi connectivity index (χ3v) is 8.13. The summed E-state index contributed by atoms with van der Waals surface area (Å²) in [6.45, 7) is 5.87. The van der Waals surface area contributed by atoms with Crippen molar-refractivity contribution in [2.75, 3.05) is 13.2 Å². The van der Waals surface area contributed by atoms with E-state index in [1.54, 1.807) is 13.8 Å². The summed E-state index contributed by atoms with van der Waals surface area (Å²) in [4.78, 5) is 50.1. The molecule has 2 aliphatic carbocycles. The second-order valence-electron chi connectivity index (χ2n) is 10.4.